The number of hydrogen-bond acceptors (Lipinski definition) is 4. The average molecular weight is 441 g/mol. The molecule has 0 unspecified atom stereocenters. The molecule has 0 spiro atoms. The van der Waals surface area contributed by atoms with Crippen molar-refractivity contribution in [2.24, 2.45) is 0 Å². The second-order valence-corrected chi connectivity index (χ2v) is 8.27. The molecule has 1 N–H and O–H groups in total. The van der Waals surface area contributed by atoms with Crippen LogP contribution in [0.15, 0.2) is 96.7 Å². The van der Waals surface area contributed by atoms with Gasteiger partial charge >= 0.3 is 0 Å². The first-order valence-electron chi connectivity index (χ1n) is 10.3. The summed E-state index contributed by atoms with van der Waals surface area (Å²) in [6.45, 7) is 6.47. The number of amides is 1. The van der Waals surface area contributed by atoms with Gasteiger partial charge in [-0.25, -0.2) is 0 Å². The number of aryl methyl sites for hydroxylation is 1. The van der Waals surface area contributed by atoms with E-state index in [1.165, 1.54) is 11.8 Å². The van der Waals surface area contributed by atoms with Crippen molar-refractivity contribution in [2.75, 3.05) is 11.1 Å². The summed E-state index contributed by atoms with van der Waals surface area (Å²) in [5.41, 5.74) is 4.98. The molecule has 0 saturated carbocycles. The van der Waals surface area contributed by atoms with Gasteiger partial charge in [0.2, 0.25) is 5.91 Å². The number of para-hydroxylation sites is 1. The number of benzene rings is 3. The SMILES string of the molecule is C=CCn1c(SCC(=O)Nc2ccccc2-c2ccccc2)nnc1-c1cccc(C)c1. The zero-order chi connectivity index (χ0) is 22.3. The summed E-state index contributed by atoms with van der Waals surface area (Å²) in [5, 5.41) is 12.4. The van der Waals surface area contributed by atoms with E-state index in [9.17, 15) is 4.79 Å². The fourth-order valence-corrected chi connectivity index (χ4v) is 4.21. The quantitative estimate of drug-likeness (QED) is 0.276. The van der Waals surface area contributed by atoms with E-state index in [2.05, 4.69) is 28.2 Å². The molecule has 4 rings (SSSR count). The number of nitrogens with zero attached hydrogens (tertiary/aromatic N) is 3. The molecule has 1 aromatic heterocycles. The Balaban J connectivity index is 1.49. The highest BCUT2D eigenvalue weighted by atomic mass is 32.2. The fraction of sp³-hybridized carbons (Fsp3) is 0.115. The number of allylic oxidation sites excluding steroid dienone is 1. The lowest BCUT2D eigenvalue weighted by molar-refractivity contribution is -0.113. The van der Waals surface area contributed by atoms with Gasteiger partial charge in [0.25, 0.3) is 0 Å². The Morgan fingerprint density at radius 3 is 2.53 bits per heavy atom. The van der Waals surface area contributed by atoms with E-state index < -0.39 is 0 Å². The molecule has 0 fully saturated rings. The van der Waals surface area contributed by atoms with Gasteiger partial charge in [0, 0.05) is 23.4 Å². The molecule has 0 saturated heterocycles. The number of aromatic nitrogens is 3. The minimum atomic E-state index is -0.0939. The summed E-state index contributed by atoms with van der Waals surface area (Å²) >= 11 is 1.37. The molecular weight excluding hydrogens is 416 g/mol. The Morgan fingerprint density at radius 1 is 1.00 bits per heavy atom. The van der Waals surface area contributed by atoms with Crippen LogP contribution in [-0.4, -0.2) is 26.4 Å². The molecule has 0 aliphatic heterocycles. The Kier molecular flexibility index (Phi) is 6.82. The van der Waals surface area contributed by atoms with E-state index in [0.29, 0.717) is 11.7 Å². The van der Waals surface area contributed by atoms with Crippen LogP contribution in [0.2, 0.25) is 0 Å². The molecule has 3 aromatic carbocycles. The van der Waals surface area contributed by atoms with Gasteiger partial charge in [-0.15, -0.1) is 16.8 Å². The van der Waals surface area contributed by atoms with Gasteiger partial charge in [0.15, 0.2) is 11.0 Å². The highest BCUT2D eigenvalue weighted by Gasteiger charge is 2.16. The largest absolute Gasteiger partial charge is 0.325 e. The first kappa shape index (κ1) is 21.6. The predicted octanol–water partition coefficient (Wildman–Crippen LogP) is 5.84. The second kappa shape index (κ2) is 10.1. The Labute approximate surface area is 192 Å². The van der Waals surface area contributed by atoms with Crippen molar-refractivity contribution in [1.29, 1.82) is 0 Å². The lowest BCUT2D eigenvalue weighted by atomic mass is 10.0. The summed E-state index contributed by atoms with van der Waals surface area (Å²) in [5.74, 6) is 0.904. The van der Waals surface area contributed by atoms with Crippen molar-refractivity contribution in [3.05, 3.63) is 97.1 Å². The minimum Gasteiger partial charge on any atom is -0.325 e. The van der Waals surface area contributed by atoms with Crippen molar-refractivity contribution in [3.63, 3.8) is 0 Å². The van der Waals surface area contributed by atoms with Crippen LogP contribution < -0.4 is 5.32 Å². The van der Waals surface area contributed by atoms with Crippen LogP contribution in [-0.2, 0) is 11.3 Å². The number of nitrogens with one attached hydrogen (secondary N) is 1. The zero-order valence-electron chi connectivity index (χ0n) is 17.9. The summed E-state index contributed by atoms with van der Waals surface area (Å²) in [6, 6.07) is 26.0. The van der Waals surface area contributed by atoms with Crippen molar-refractivity contribution in [1.82, 2.24) is 14.8 Å². The smallest absolute Gasteiger partial charge is 0.234 e. The molecule has 0 radical (unpaired) electrons. The third-order valence-electron chi connectivity index (χ3n) is 4.92. The first-order chi connectivity index (χ1) is 15.7. The van der Waals surface area contributed by atoms with Crippen LogP contribution in [0, 0.1) is 6.92 Å². The van der Waals surface area contributed by atoms with Crippen LogP contribution >= 0.6 is 11.8 Å². The summed E-state index contributed by atoms with van der Waals surface area (Å²) in [7, 11) is 0. The lowest BCUT2D eigenvalue weighted by Crippen LogP contribution is -2.15. The van der Waals surface area contributed by atoms with E-state index in [1.807, 2.05) is 90.4 Å². The predicted molar refractivity (Wildman–Crippen MR) is 132 cm³/mol. The molecule has 0 aliphatic carbocycles. The van der Waals surface area contributed by atoms with Crippen molar-refractivity contribution >= 4 is 23.4 Å². The molecule has 4 aromatic rings. The molecule has 0 aliphatic rings. The van der Waals surface area contributed by atoms with E-state index in [4.69, 9.17) is 0 Å². The van der Waals surface area contributed by atoms with Crippen LogP contribution in [0.3, 0.4) is 0 Å². The third-order valence-corrected chi connectivity index (χ3v) is 5.89. The lowest BCUT2D eigenvalue weighted by Gasteiger charge is -2.11. The maximum atomic E-state index is 12.8. The van der Waals surface area contributed by atoms with E-state index in [-0.39, 0.29) is 11.7 Å². The second-order valence-electron chi connectivity index (χ2n) is 7.32. The summed E-state index contributed by atoms with van der Waals surface area (Å²) < 4.78 is 1.98. The van der Waals surface area contributed by atoms with E-state index in [0.717, 1.165) is 33.8 Å². The fourth-order valence-electron chi connectivity index (χ4n) is 3.46. The van der Waals surface area contributed by atoms with Crippen molar-refractivity contribution in [2.45, 2.75) is 18.6 Å². The van der Waals surface area contributed by atoms with Crippen molar-refractivity contribution < 1.29 is 4.79 Å². The van der Waals surface area contributed by atoms with Gasteiger partial charge in [-0.2, -0.15) is 0 Å². The monoisotopic (exact) mass is 440 g/mol. The van der Waals surface area contributed by atoms with Gasteiger partial charge in [0.1, 0.15) is 0 Å². The third kappa shape index (κ3) is 4.98. The summed E-state index contributed by atoms with van der Waals surface area (Å²) in [6.07, 6.45) is 1.81. The Bertz CT molecular complexity index is 1230. The Hall–Kier alpha value is -3.64. The van der Waals surface area contributed by atoms with E-state index in [1.54, 1.807) is 0 Å². The molecule has 0 atom stereocenters. The van der Waals surface area contributed by atoms with Gasteiger partial charge in [-0.1, -0.05) is 90.1 Å². The Morgan fingerprint density at radius 2 is 1.75 bits per heavy atom. The number of carbonyl (C=O) groups is 1. The molecule has 5 nitrogen and oxygen atoms in total. The molecule has 6 heteroatoms. The standard InChI is InChI=1S/C26H24N4OS/c1-3-16-30-25(21-13-9-10-19(2)17-21)28-29-26(30)32-18-24(31)27-23-15-8-7-14-22(23)20-11-5-4-6-12-20/h3-15,17H,1,16,18H2,2H3,(H,27,31). The average Bonchev–Trinajstić information content (AvgIpc) is 3.21. The van der Waals surface area contributed by atoms with Gasteiger partial charge in [-0.3, -0.25) is 9.36 Å². The first-order valence-corrected chi connectivity index (χ1v) is 11.3. The molecular formula is C26H24N4OS. The molecule has 0 bridgehead atoms. The van der Waals surface area contributed by atoms with Crippen LogP contribution in [0.1, 0.15) is 5.56 Å². The van der Waals surface area contributed by atoms with Gasteiger partial charge < -0.3 is 5.32 Å². The topological polar surface area (TPSA) is 59.8 Å². The zero-order valence-corrected chi connectivity index (χ0v) is 18.7. The van der Waals surface area contributed by atoms with Crippen LogP contribution in [0.5, 0.6) is 0 Å². The number of rotatable bonds is 8. The number of thioether (sulfide) groups is 1. The molecule has 160 valence electrons. The normalized spacial score (nSPS) is 10.7. The molecule has 1 heterocycles. The van der Waals surface area contributed by atoms with E-state index >= 15 is 0 Å². The molecule has 32 heavy (non-hydrogen) atoms. The number of carbonyl (C=O) groups excluding carboxylic acids is 1. The minimum absolute atomic E-state index is 0.0939. The number of anilines is 1. The highest BCUT2D eigenvalue weighted by molar-refractivity contribution is 7.99. The van der Waals surface area contributed by atoms with Crippen LogP contribution in [0.4, 0.5) is 5.69 Å². The summed E-state index contributed by atoms with van der Waals surface area (Å²) in [4.78, 5) is 12.8. The van der Waals surface area contributed by atoms with Gasteiger partial charge in [-0.05, 0) is 24.6 Å². The van der Waals surface area contributed by atoms with Crippen molar-refractivity contribution in [3.8, 4) is 22.5 Å². The maximum Gasteiger partial charge on any atom is 0.234 e. The van der Waals surface area contributed by atoms with Gasteiger partial charge in [0.05, 0.1) is 5.75 Å². The highest BCUT2D eigenvalue weighted by Crippen LogP contribution is 2.28. The molecule has 1 amide bonds. The maximum absolute atomic E-state index is 12.8. The number of hydrogen-bond donors (Lipinski definition) is 1. The van der Waals surface area contributed by atoms with Crippen LogP contribution in [0.25, 0.3) is 22.5 Å².